The molecule has 1 nitrogen and oxygen atoms in total. The van der Waals surface area contributed by atoms with Crippen molar-refractivity contribution in [1.29, 1.82) is 0 Å². The van der Waals surface area contributed by atoms with E-state index in [2.05, 4.69) is 13.8 Å². The molecule has 0 amide bonds. The zero-order chi connectivity index (χ0) is 4.28. The van der Waals surface area contributed by atoms with Gasteiger partial charge in [0.05, 0.1) is 0 Å². The maximum atomic E-state index is 4.96. The van der Waals surface area contributed by atoms with Crippen LogP contribution in [0.1, 0.15) is 13.8 Å². The van der Waals surface area contributed by atoms with E-state index >= 15 is 0 Å². The molecule has 0 aromatic heterocycles. The summed E-state index contributed by atoms with van der Waals surface area (Å²) in [6.07, 6.45) is 0.478. The van der Waals surface area contributed by atoms with Crippen LogP contribution in [0.5, 0.6) is 0 Å². The first-order valence-electron chi connectivity index (χ1n) is 1.80. The fourth-order valence-corrected chi connectivity index (χ4v) is 0. The fraction of sp³-hybridized carbons (Fsp3) is 1.00. The van der Waals surface area contributed by atoms with Crippen LogP contribution in [-0.2, 0) is 2.85 Å². The molecule has 0 unspecified atom stereocenters. The topological polar surface area (TPSA) is 9.23 Å². The summed E-state index contributed by atoms with van der Waals surface area (Å²) in [5, 5.41) is 0. The molecule has 0 aromatic rings. The molecule has 0 bridgehead atoms. The van der Waals surface area contributed by atoms with E-state index in [4.69, 9.17) is 2.85 Å². The molecule has 0 aromatic carbocycles. The molecule has 0 fully saturated rings. The van der Waals surface area contributed by atoms with Gasteiger partial charge in [-0.05, 0) is 0 Å². The van der Waals surface area contributed by atoms with E-state index in [1.165, 1.54) is 0 Å². The van der Waals surface area contributed by atoms with Crippen LogP contribution in [0.15, 0.2) is 0 Å². The van der Waals surface area contributed by atoms with E-state index in [0.29, 0.717) is 30.9 Å². The maximum Gasteiger partial charge on any atom is -0.147 e. The van der Waals surface area contributed by atoms with Gasteiger partial charge in [0.1, 0.15) is 0 Å². The van der Waals surface area contributed by atoms with Crippen molar-refractivity contribution in [2.45, 2.75) is 20.0 Å². The van der Waals surface area contributed by atoms with Crippen LogP contribution in [-0.4, -0.2) is 30.9 Å². The quantitative estimate of drug-likeness (QED) is 0.704. The normalized spacial score (nSPS) is 5.88. The second kappa shape index (κ2) is 15.9. The minimum absolute atomic E-state index is 0. The molecule has 0 aliphatic rings. The molecule has 8 heavy (non-hydrogen) atoms. The van der Waals surface area contributed by atoms with Gasteiger partial charge in [-0.15, -0.1) is 37.2 Å². The number of halogens is 3. The molecule has 0 rings (SSSR count). The molecule has 0 saturated carbocycles. The van der Waals surface area contributed by atoms with Gasteiger partial charge in [0.15, 0.2) is 0 Å². The molecule has 0 atom stereocenters. The molecule has 0 spiro atoms. The fourth-order valence-electron chi connectivity index (χ4n) is 0. The zero-order valence-corrected chi connectivity index (χ0v) is 13.4. The summed E-state index contributed by atoms with van der Waals surface area (Å²) in [4.78, 5) is 0. The predicted octanol–water partition coefficient (Wildman–Crippen LogP) is 1.22. The van der Waals surface area contributed by atoms with Crippen molar-refractivity contribution in [3.63, 3.8) is 0 Å². The largest absolute Gasteiger partial charge is 0.147 e. The smallest absolute Gasteiger partial charge is 0.147 e. The zero-order valence-electron chi connectivity index (χ0n) is 5.21. The van der Waals surface area contributed by atoms with Gasteiger partial charge in [-0.1, -0.05) is 0 Å². The van der Waals surface area contributed by atoms with Gasteiger partial charge in [0, 0.05) is 0 Å². The van der Waals surface area contributed by atoms with Gasteiger partial charge < -0.3 is 0 Å². The van der Waals surface area contributed by atoms with E-state index < -0.39 is 0 Å². The average Bonchev–Trinajstić information content (AvgIpc) is 1.38. The van der Waals surface area contributed by atoms with E-state index in [1.54, 1.807) is 0 Å². The Bertz CT molecular complexity index is 28.5. The van der Waals surface area contributed by atoms with Crippen LogP contribution in [0.3, 0.4) is 0 Å². The van der Waals surface area contributed by atoms with Crippen molar-refractivity contribution in [2.24, 2.45) is 0 Å². The minimum atomic E-state index is 0. The SMILES string of the molecule is CC(C)[O][InH2].Cl.Cl.Cl. The number of hydrogen-bond donors (Lipinski definition) is 0. The van der Waals surface area contributed by atoms with Gasteiger partial charge in [-0.3, -0.25) is 0 Å². The Hall–Kier alpha value is 1.70. The van der Waals surface area contributed by atoms with Crippen LogP contribution in [0, 0.1) is 0 Å². The summed E-state index contributed by atoms with van der Waals surface area (Å²) in [6.45, 7) is 4.11. The molecular formula is C3H12Cl3InO. The monoisotopic (exact) mass is 284 g/mol. The molecule has 0 aliphatic carbocycles. The Morgan fingerprint density at radius 1 is 1.12 bits per heavy atom. The second-order valence-corrected chi connectivity index (χ2v) is 2.63. The summed E-state index contributed by atoms with van der Waals surface area (Å²) in [5.74, 6) is 0. The van der Waals surface area contributed by atoms with Crippen molar-refractivity contribution in [1.82, 2.24) is 0 Å². The van der Waals surface area contributed by atoms with Crippen LogP contribution in [0.2, 0.25) is 0 Å². The third-order valence-corrected chi connectivity index (χ3v) is 3.16. The number of rotatable bonds is 1. The van der Waals surface area contributed by atoms with Crippen molar-refractivity contribution < 1.29 is 2.85 Å². The van der Waals surface area contributed by atoms with Gasteiger partial charge in [0.25, 0.3) is 0 Å². The minimum Gasteiger partial charge on any atom is -0.147 e. The Kier molecular flexibility index (Phi) is 44.8. The second-order valence-electron chi connectivity index (χ2n) is 1.28. The Morgan fingerprint density at radius 2 is 1.25 bits per heavy atom. The van der Waals surface area contributed by atoms with Crippen molar-refractivity contribution >= 4 is 62.0 Å². The molecule has 54 valence electrons. The summed E-state index contributed by atoms with van der Waals surface area (Å²) in [5.41, 5.74) is 0. The Morgan fingerprint density at radius 3 is 1.25 bits per heavy atom. The maximum absolute atomic E-state index is 4.96. The van der Waals surface area contributed by atoms with Gasteiger partial charge >= 0.3 is 47.6 Å². The van der Waals surface area contributed by atoms with Crippen LogP contribution in [0.4, 0.5) is 0 Å². The van der Waals surface area contributed by atoms with Crippen LogP contribution >= 0.6 is 37.2 Å². The van der Waals surface area contributed by atoms with Crippen LogP contribution in [0.25, 0.3) is 0 Å². The summed E-state index contributed by atoms with van der Waals surface area (Å²) in [6, 6.07) is 0. The summed E-state index contributed by atoms with van der Waals surface area (Å²) < 4.78 is 4.96. The summed E-state index contributed by atoms with van der Waals surface area (Å²) in [7, 11) is 0. The molecular weight excluding hydrogens is 273 g/mol. The van der Waals surface area contributed by atoms with Gasteiger partial charge in [-0.2, -0.15) is 0 Å². The van der Waals surface area contributed by atoms with E-state index in [9.17, 15) is 0 Å². The predicted molar refractivity (Wildman–Crippen MR) is 46.5 cm³/mol. The third kappa shape index (κ3) is 25.2. The standard InChI is InChI=1S/C3H7O.3ClH.In.2H/c1-3(2)4;;;;;;/h3H,1-2H3;3*1H;;;/q-1;;;;+1;;. The van der Waals surface area contributed by atoms with E-state index in [1.807, 2.05) is 0 Å². The number of hydrogen-bond acceptors (Lipinski definition) is 1. The molecule has 5 heteroatoms. The summed E-state index contributed by atoms with van der Waals surface area (Å²) >= 11 is 0.451. The van der Waals surface area contributed by atoms with Gasteiger partial charge in [0.2, 0.25) is 0 Å². The first kappa shape index (κ1) is 22.6. The van der Waals surface area contributed by atoms with Crippen molar-refractivity contribution in [3.8, 4) is 0 Å². The van der Waals surface area contributed by atoms with E-state index in [-0.39, 0.29) is 37.2 Å². The molecule has 0 radical (unpaired) electrons. The van der Waals surface area contributed by atoms with Gasteiger partial charge in [-0.25, -0.2) is 0 Å². The van der Waals surface area contributed by atoms with Crippen molar-refractivity contribution in [2.75, 3.05) is 0 Å². The average molecular weight is 285 g/mol. The molecule has 0 aliphatic heterocycles. The Labute approximate surface area is 84.3 Å². The molecule has 0 N–H and O–H groups in total. The first-order chi connectivity index (χ1) is 2.27. The van der Waals surface area contributed by atoms with Crippen molar-refractivity contribution in [3.05, 3.63) is 0 Å². The molecule has 0 heterocycles. The van der Waals surface area contributed by atoms with E-state index in [0.717, 1.165) is 0 Å². The third-order valence-electron chi connectivity index (χ3n) is 0.471. The Balaban J connectivity index is -0.0000000267. The van der Waals surface area contributed by atoms with Crippen LogP contribution < -0.4 is 0 Å². The first-order valence-corrected chi connectivity index (χ1v) is 4.13. The molecule has 0 saturated heterocycles.